The summed E-state index contributed by atoms with van der Waals surface area (Å²) in [5.74, 6) is -0.692. The molecule has 0 saturated heterocycles. The molecule has 21 heavy (non-hydrogen) atoms. The second-order valence-electron chi connectivity index (χ2n) is 4.65. The van der Waals surface area contributed by atoms with Gasteiger partial charge in [-0.25, -0.2) is 4.39 Å². The van der Waals surface area contributed by atoms with Crippen molar-refractivity contribution < 1.29 is 9.18 Å². The van der Waals surface area contributed by atoms with E-state index in [4.69, 9.17) is 11.6 Å². The highest BCUT2D eigenvalue weighted by molar-refractivity contribution is 6.30. The van der Waals surface area contributed by atoms with E-state index in [1.54, 1.807) is 12.1 Å². The average Bonchev–Trinajstić information content (AvgIpc) is 2.49. The van der Waals surface area contributed by atoms with E-state index in [2.05, 4.69) is 5.32 Å². The van der Waals surface area contributed by atoms with Crippen LogP contribution in [0.2, 0.25) is 5.02 Å². The molecule has 0 aliphatic heterocycles. The van der Waals surface area contributed by atoms with Crippen LogP contribution >= 0.6 is 11.6 Å². The molecule has 108 valence electrons. The Morgan fingerprint density at radius 1 is 1.24 bits per heavy atom. The van der Waals surface area contributed by atoms with E-state index >= 15 is 0 Å². The number of hydrogen-bond donors (Lipinski definition) is 1. The quantitative estimate of drug-likeness (QED) is 0.835. The lowest BCUT2D eigenvalue weighted by molar-refractivity contribution is -0.117. The summed E-state index contributed by atoms with van der Waals surface area (Å²) in [5.41, 5.74) is 1.70. The standard InChI is InChI=1S/C17H15ClFNO/c1-12(14-5-3-2-4-6-14)20-17(21)10-8-13-7-9-16(19)15(18)11-13/h2-12H,1H3,(H,20,21)/b10-8+. The summed E-state index contributed by atoms with van der Waals surface area (Å²) < 4.78 is 13.0. The molecule has 0 aliphatic carbocycles. The summed E-state index contributed by atoms with van der Waals surface area (Å²) in [7, 11) is 0. The largest absolute Gasteiger partial charge is 0.346 e. The van der Waals surface area contributed by atoms with Crippen LogP contribution in [0.15, 0.2) is 54.6 Å². The van der Waals surface area contributed by atoms with Crippen molar-refractivity contribution in [3.63, 3.8) is 0 Å². The van der Waals surface area contributed by atoms with Crippen LogP contribution in [0.4, 0.5) is 4.39 Å². The van der Waals surface area contributed by atoms with Crippen molar-refractivity contribution in [1.29, 1.82) is 0 Å². The molecular weight excluding hydrogens is 289 g/mol. The number of amides is 1. The van der Waals surface area contributed by atoms with E-state index in [0.29, 0.717) is 5.56 Å². The van der Waals surface area contributed by atoms with Crippen molar-refractivity contribution >= 4 is 23.6 Å². The summed E-state index contributed by atoms with van der Waals surface area (Å²) in [6.45, 7) is 1.91. The normalized spacial score (nSPS) is 12.3. The minimum atomic E-state index is -0.476. The second kappa shape index (κ2) is 7.04. The fourth-order valence-electron chi connectivity index (χ4n) is 1.87. The van der Waals surface area contributed by atoms with Gasteiger partial charge in [-0.05, 0) is 36.3 Å². The van der Waals surface area contributed by atoms with Crippen molar-refractivity contribution in [3.05, 3.63) is 76.6 Å². The summed E-state index contributed by atoms with van der Waals surface area (Å²) in [4.78, 5) is 11.8. The van der Waals surface area contributed by atoms with Crippen LogP contribution in [0.3, 0.4) is 0 Å². The van der Waals surface area contributed by atoms with Crippen molar-refractivity contribution in [3.8, 4) is 0 Å². The Labute approximate surface area is 128 Å². The molecule has 0 fully saturated rings. The molecule has 0 aromatic heterocycles. The Bertz CT molecular complexity index is 655. The number of benzene rings is 2. The smallest absolute Gasteiger partial charge is 0.244 e. The predicted octanol–water partition coefficient (Wildman–Crippen LogP) is 4.37. The number of nitrogens with one attached hydrogen (secondary N) is 1. The van der Waals surface area contributed by atoms with Crippen LogP contribution in [0.5, 0.6) is 0 Å². The molecule has 1 amide bonds. The van der Waals surface area contributed by atoms with Crippen LogP contribution < -0.4 is 5.32 Å². The van der Waals surface area contributed by atoms with Crippen molar-refractivity contribution in [1.82, 2.24) is 5.32 Å². The Morgan fingerprint density at radius 3 is 2.62 bits per heavy atom. The molecule has 2 aromatic rings. The van der Waals surface area contributed by atoms with Crippen molar-refractivity contribution in [2.45, 2.75) is 13.0 Å². The van der Waals surface area contributed by atoms with Gasteiger partial charge in [-0.15, -0.1) is 0 Å². The molecule has 4 heteroatoms. The highest BCUT2D eigenvalue weighted by Gasteiger charge is 2.06. The van der Waals surface area contributed by atoms with Crippen LogP contribution in [0, 0.1) is 5.82 Å². The SMILES string of the molecule is CC(NC(=O)/C=C/c1ccc(F)c(Cl)c1)c1ccccc1. The summed E-state index contributed by atoms with van der Waals surface area (Å²) in [6, 6.07) is 13.9. The first-order valence-electron chi connectivity index (χ1n) is 6.55. The van der Waals surface area contributed by atoms with Crippen molar-refractivity contribution in [2.75, 3.05) is 0 Å². The van der Waals surface area contributed by atoms with Gasteiger partial charge in [-0.1, -0.05) is 48.0 Å². The van der Waals surface area contributed by atoms with Gasteiger partial charge < -0.3 is 5.32 Å². The van der Waals surface area contributed by atoms with Crippen LogP contribution in [0.25, 0.3) is 6.08 Å². The van der Waals surface area contributed by atoms with E-state index in [1.165, 1.54) is 18.2 Å². The van der Waals surface area contributed by atoms with Crippen LogP contribution in [-0.2, 0) is 4.79 Å². The number of carbonyl (C=O) groups excluding carboxylic acids is 1. The van der Waals surface area contributed by atoms with Gasteiger partial charge >= 0.3 is 0 Å². The van der Waals surface area contributed by atoms with E-state index in [-0.39, 0.29) is 17.0 Å². The molecule has 0 radical (unpaired) electrons. The van der Waals surface area contributed by atoms with E-state index in [9.17, 15) is 9.18 Å². The molecule has 2 aromatic carbocycles. The maximum atomic E-state index is 13.0. The Kier molecular flexibility index (Phi) is 5.12. The third-order valence-corrected chi connectivity index (χ3v) is 3.32. The molecule has 1 atom stereocenters. The number of rotatable bonds is 4. The summed E-state index contributed by atoms with van der Waals surface area (Å²) >= 11 is 5.68. The maximum Gasteiger partial charge on any atom is 0.244 e. The molecule has 0 bridgehead atoms. The maximum absolute atomic E-state index is 13.0. The van der Waals surface area contributed by atoms with Gasteiger partial charge in [0, 0.05) is 6.08 Å². The second-order valence-corrected chi connectivity index (χ2v) is 5.06. The van der Waals surface area contributed by atoms with E-state index in [1.807, 2.05) is 37.3 Å². The topological polar surface area (TPSA) is 29.1 Å². The Balaban J connectivity index is 1.98. The lowest BCUT2D eigenvalue weighted by atomic mass is 10.1. The van der Waals surface area contributed by atoms with Crippen LogP contribution in [0.1, 0.15) is 24.1 Å². The molecular formula is C17H15ClFNO. The Hall–Kier alpha value is -2.13. The number of halogens is 2. The zero-order chi connectivity index (χ0) is 15.2. The molecule has 1 N–H and O–H groups in total. The predicted molar refractivity (Wildman–Crippen MR) is 83.4 cm³/mol. The van der Waals surface area contributed by atoms with E-state index < -0.39 is 5.82 Å². The third kappa shape index (κ3) is 4.43. The Morgan fingerprint density at radius 2 is 1.95 bits per heavy atom. The molecule has 2 rings (SSSR count). The van der Waals surface area contributed by atoms with Gasteiger partial charge in [-0.3, -0.25) is 4.79 Å². The number of hydrogen-bond acceptors (Lipinski definition) is 1. The third-order valence-electron chi connectivity index (χ3n) is 3.03. The van der Waals surface area contributed by atoms with Gasteiger partial charge in [0.1, 0.15) is 5.82 Å². The lowest BCUT2D eigenvalue weighted by Crippen LogP contribution is -2.24. The zero-order valence-electron chi connectivity index (χ0n) is 11.5. The molecule has 0 heterocycles. The minimum Gasteiger partial charge on any atom is -0.346 e. The van der Waals surface area contributed by atoms with Gasteiger partial charge in [0.25, 0.3) is 0 Å². The molecule has 1 unspecified atom stereocenters. The number of carbonyl (C=O) groups is 1. The van der Waals surface area contributed by atoms with Gasteiger partial charge in [0.05, 0.1) is 11.1 Å². The van der Waals surface area contributed by atoms with Gasteiger partial charge in [-0.2, -0.15) is 0 Å². The monoisotopic (exact) mass is 303 g/mol. The first kappa shape index (κ1) is 15.3. The fourth-order valence-corrected chi connectivity index (χ4v) is 2.06. The molecule has 2 nitrogen and oxygen atoms in total. The lowest BCUT2D eigenvalue weighted by Gasteiger charge is -2.12. The van der Waals surface area contributed by atoms with Crippen molar-refractivity contribution in [2.24, 2.45) is 0 Å². The summed E-state index contributed by atoms with van der Waals surface area (Å²) in [6.07, 6.45) is 3.00. The fraction of sp³-hybridized carbons (Fsp3) is 0.118. The highest BCUT2D eigenvalue weighted by Crippen LogP contribution is 2.17. The first-order valence-corrected chi connectivity index (χ1v) is 6.92. The highest BCUT2D eigenvalue weighted by atomic mass is 35.5. The first-order chi connectivity index (χ1) is 10.1. The molecule has 0 aliphatic rings. The van der Waals surface area contributed by atoms with E-state index in [0.717, 1.165) is 5.56 Å². The van der Waals surface area contributed by atoms with Crippen LogP contribution in [-0.4, -0.2) is 5.91 Å². The van der Waals surface area contributed by atoms with Gasteiger partial charge in [0.15, 0.2) is 0 Å². The molecule has 0 saturated carbocycles. The zero-order valence-corrected chi connectivity index (χ0v) is 12.3. The average molecular weight is 304 g/mol. The minimum absolute atomic E-state index is 0.0372. The van der Waals surface area contributed by atoms with Gasteiger partial charge in [0.2, 0.25) is 5.91 Å². The molecule has 0 spiro atoms. The summed E-state index contributed by atoms with van der Waals surface area (Å²) in [5, 5.41) is 2.90.